The van der Waals surface area contributed by atoms with Crippen molar-refractivity contribution >= 4 is 0 Å². The van der Waals surface area contributed by atoms with Gasteiger partial charge in [0, 0.05) is 0 Å². The van der Waals surface area contributed by atoms with Crippen molar-refractivity contribution in [3.8, 4) is 0 Å². The Bertz CT molecular complexity index is 210. The Balaban J connectivity index is 2.95. The third-order valence-electron chi connectivity index (χ3n) is 2.49. The lowest BCUT2D eigenvalue weighted by Gasteiger charge is -2.34. The van der Waals surface area contributed by atoms with Crippen molar-refractivity contribution in [3.63, 3.8) is 0 Å². The summed E-state index contributed by atoms with van der Waals surface area (Å²) in [6, 6.07) is 0. The van der Waals surface area contributed by atoms with E-state index in [1.807, 2.05) is 0 Å². The molecule has 90 valence electrons. The number of aliphatic hydroxyl groups is 2. The summed E-state index contributed by atoms with van der Waals surface area (Å²) in [6.07, 6.45) is -1.07. The van der Waals surface area contributed by atoms with Crippen molar-refractivity contribution in [2.45, 2.75) is 70.7 Å². The standard InChI is InChI=1S/C11H22O4/c1-9(2,12)7-8(10(3,4)13)15-11(5,6)14-7/h7-8,12-13H,1-6H3/t7-,8-/m0/s1. The molecule has 2 N–H and O–H groups in total. The lowest BCUT2D eigenvalue weighted by molar-refractivity contribution is -0.171. The van der Waals surface area contributed by atoms with Gasteiger partial charge in [0.05, 0.1) is 11.2 Å². The van der Waals surface area contributed by atoms with Crippen molar-refractivity contribution < 1.29 is 19.7 Å². The van der Waals surface area contributed by atoms with Crippen LogP contribution in [0.15, 0.2) is 0 Å². The van der Waals surface area contributed by atoms with Crippen LogP contribution in [0.2, 0.25) is 0 Å². The van der Waals surface area contributed by atoms with E-state index < -0.39 is 29.2 Å². The summed E-state index contributed by atoms with van der Waals surface area (Å²) >= 11 is 0. The predicted molar refractivity (Wildman–Crippen MR) is 56.4 cm³/mol. The average molecular weight is 218 g/mol. The zero-order valence-electron chi connectivity index (χ0n) is 10.4. The Kier molecular flexibility index (Phi) is 2.94. The molecular weight excluding hydrogens is 196 g/mol. The monoisotopic (exact) mass is 218 g/mol. The predicted octanol–water partition coefficient (Wildman–Crippen LogP) is 1.05. The van der Waals surface area contributed by atoms with Gasteiger partial charge in [0.1, 0.15) is 12.2 Å². The van der Waals surface area contributed by atoms with E-state index >= 15 is 0 Å². The molecule has 0 bridgehead atoms. The van der Waals surface area contributed by atoms with Gasteiger partial charge in [0.2, 0.25) is 0 Å². The Labute approximate surface area is 91.2 Å². The summed E-state index contributed by atoms with van der Waals surface area (Å²) in [4.78, 5) is 0. The summed E-state index contributed by atoms with van der Waals surface area (Å²) in [6.45, 7) is 10.2. The molecule has 1 aliphatic rings. The number of ether oxygens (including phenoxy) is 2. The summed E-state index contributed by atoms with van der Waals surface area (Å²) < 4.78 is 11.2. The van der Waals surface area contributed by atoms with Gasteiger partial charge < -0.3 is 19.7 Å². The Morgan fingerprint density at radius 3 is 1.33 bits per heavy atom. The van der Waals surface area contributed by atoms with Gasteiger partial charge in [-0.15, -0.1) is 0 Å². The van der Waals surface area contributed by atoms with Crippen molar-refractivity contribution in [1.82, 2.24) is 0 Å². The highest BCUT2D eigenvalue weighted by molar-refractivity contribution is 4.98. The maximum Gasteiger partial charge on any atom is 0.164 e. The molecule has 1 saturated heterocycles. The van der Waals surface area contributed by atoms with Crippen molar-refractivity contribution in [1.29, 1.82) is 0 Å². The molecule has 0 saturated carbocycles. The first-order chi connectivity index (χ1) is 6.43. The lowest BCUT2D eigenvalue weighted by atomic mass is 9.88. The molecular formula is C11H22O4. The SMILES string of the molecule is CC1(C)O[C@H](C(C)(C)O)[C@@H](C(C)(C)O)O1. The van der Waals surface area contributed by atoms with Crippen molar-refractivity contribution in [3.05, 3.63) is 0 Å². The minimum atomic E-state index is -1.04. The third kappa shape index (κ3) is 2.91. The Morgan fingerprint density at radius 2 is 1.13 bits per heavy atom. The quantitative estimate of drug-likeness (QED) is 0.727. The smallest absolute Gasteiger partial charge is 0.164 e. The van der Waals surface area contributed by atoms with Crippen LogP contribution in [0.1, 0.15) is 41.5 Å². The van der Waals surface area contributed by atoms with Crippen LogP contribution >= 0.6 is 0 Å². The van der Waals surface area contributed by atoms with Crippen LogP contribution < -0.4 is 0 Å². The fourth-order valence-corrected chi connectivity index (χ4v) is 1.79. The fraction of sp³-hybridized carbons (Fsp3) is 1.00. The van der Waals surface area contributed by atoms with E-state index in [2.05, 4.69) is 0 Å². The summed E-state index contributed by atoms with van der Waals surface area (Å²) in [7, 11) is 0. The molecule has 4 nitrogen and oxygen atoms in total. The molecule has 0 aromatic heterocycles. The van der Waals surface area contributed by atoms with E-state index in [1.54, 1.807) is 41.5 Å². The number of rotatable bonds is 2. The summed E-state index contributed by atoms with van der Waals surface area (Å²) in [5, 5.41) is 19.9. The minimum Gasteiger partial charge on any atom is -0.388 e. The normalized spacial score (nSPS) is 32.0. The van der Waals surface area contributed by atoms with Crippen LogP contribution in [0, 0.1) is 0 Å². The van der Waals surface area contributed by atoms with E-state index in [-0.39, 0.29) is 0 Å². The highest BCUT2D eigenvalue weighted by atomic mass is 16.8. The van der Waals surface area contributed by atoms with Gasteiger partial charge in [0.25, 0.3) is 0 Å². The first-order valence-corrected chi connectivity index (χ1v) is 5.24. The van der Waals surface area contributed by atoms with E-state index in [1.165, 1.54) is 0 Å². The van der Waals surface area contributed by atoms with Crippen LogP contribution in [0.25, 0.3) is 0 Å². The van der Waals surface area contributed by atoms with Crippen molar-refractivity contribution in [2.24, 2.45) is 0 Å². The van der Waals surface area contributed by atoms with Gasteiger partial charge >= 0.3 is 0 Å². The lowest BCUT2D eigenvalue weighted by Crippen LogP contribution is -2.51. The van der Waals surface area contributed by atoms with Gasteiger partial charge in [-0.3, -0.25) is 0 Å². The molecule has 1 fully saturated rings. The molecule has 0 amide bonds. The van der Waals surface area contributed by atoms with E-state index in [9.17, 15) is 10.2 Å². The number of hydrogen-bond donors (Lipinski definition) is 2. The largest absolute Gasteiger partial charge is 0.388 e. The second-order valence-electron chi connectivity index (χ2n) is 5.78. The molecule has 1 heterocycles. The van der Waals surface area contributed by atoms with Crippen LogP contribution in [-0.2, 0) is 9.47 Å². The molecule has 2 atom stereocenters. The molecule has 0 aromatic carbocycles. The molecule has 1 aliphatic heterocycles. The molecule has 0 spiro atoms. The first kappa shape index (κ1) is 12.9. The molecule has 0 unspecified atom stereocenters. The Hall–Kier alpha value is -0.160. The second-order valence-corrected chi connectivity index (χ2v) is 5.78. The molecule has 0 radical (unpaired) electrons. The second kappa shape index (κ2) is 3.42. The molecule has 0 aromatic rings. The van der Waals surface area contributed by atoms with Crippen LogP contribution in [0.3, 0.4) is 0 Å². The van der Waals surface area contributed by atoms with E-state index in [0.717, 1.165) is 0 Å². The maximum absolute atomic E-state index is 9.97. The topological polar surface area (TPSA) is 58.9 Å². The Morgan fingerprint density at radius 1 is 0.867 bits per heavy atom. The van der Waals surface area contributed by atoms with Gasteiger partial charge in [-0.25, -0.2) is 0 Å². The van der Waals surface area contributed by atoms with Crippen LogP contribution in [-0.4, -0.2) is 39.4 Å². The molecule has 0 aliphatic carbocycles. The van der Waals surface area contributed by atoms with Crippen LogP contribution in [0.5, 0.6) is 0 Å². The van der Waals surface area contributed by atoms with E-state index in [0.29, 0.717) is 0 Å². The highest BCUT2D eigenvalue weighted by Gasteiger charge is 2.53. The van der Waals surface area contributed by atoms with Gasteiger partial charge in [-0.05, 0) is 41.5 Å². The first-order valence-electron chi connectivity index (χ1n) is 5.24. The van der Waals surface area contributed by atoms with Crippen molar-refractivity contribution in [2.75, 3.05) is 0 Å². The van der Waals surface area contributed by atoms with Gasteiger partial charge in [-0.1, -0.05) is 0 Å². The highest BCUT2D eigenvalue weighted by Crippen LogP contribution is 2.38. The van der Waals surface area contributed by atoms with Gasteiger partial charge in [-0.2, -0.15) is 0 Å². The third-order valence-corrected chi connectivity index (χ3v) is 2.49. The zero-order valence-corrected chi connectivity index (χ0v) is 10.4. The molecule has 4 heteroatoms. The van der Waals surface area contributed by atoms with E-state index in [4.69, 9.17) is 9.47 Å². The zero-order chi connectivity index (χ0) is 12.1. The number of hydrogen-bond acceptors (Lipinski definition) is 4. The average Bonchev–Trinajstić information content (AvgIpc) is 2.23. The summed E-state index contributed by atoms with van der Waals surface area (Å²) in [5.74, 6) is -0.769. The molecule has 15 heavy (non-hydrogen) atoms. The maximum atomic E-state index is 9.97. The van der Waals surface area contributed by atoms with Gasteiger partial charge in [0.15, 0.2) is 5.79 Å². The summed E-state index contributed by atoms with van der Waals surface area (Å²) in [5.41, 5.74) is -2.09. The van der Waals surface area contributed by atoms with Crippen LogP contribution in [0.4, 0.5) is 0 Å². The fourth-order valence-electron chi connectivity index (χ4n) is 1.79. The molecule has 1 rings (SSSR count). The minimum absolute atomic E-state index is 0.535.